The van der Waals surface area contributed by atoms with Crippen molar-refractivity contribution < 1.29 is 9.59 Å². The van der Waals surface area contributed by atoms with E-state index in [9.17, 15) is 9.59 Å². The average molecular weight is 349 g/mol. The van der Waals surface area contributed by atoms with Gasteiger partial charge in [0.25, 0.3) is 11.8 Å². The molecule has 0 saturated carbocycles. The third-order valence-corrected chi connectivity index (χ3v) is 3.67. The van der Waals surface area contributed by atoms with Crippen LogP contribution in [0.4, 0.5) is 0 Å². The van der Waals surface area contributed by atoms with Gasteiger partial charge in [0.2, 0.25) is 0 Å². The minimum Gasteiger partial charge on any atom is -0.268 e. The van der Waals surface area contributed by atoms with Crippen molar-refractivity contribution in [3.05, 3.63) is 75.3 Å². The van der Waals surface area contributed by atoms with Crippen LogP contribution in [0.25, 0.3) is 6.08 Å². The second kappa shape index (κ2) is 7.81. The summed E-state index contributed by atoms with van der Waals surface area (Å²) < 4.78 is 0. The molecule has 0 aliphatic heterocycles. The largest absolute Gasteiger partial charge is 0.269 e. The van der Waals surface area contributed by atoms with Gasteiger partial charge < -0.3 is 0 Å². The van der Waals surface area contributed by atoms with E-state index in [4.69, 9.17) is 23.2 Å². The second-order valence-corrected chi connectivity index (χ2v) is 5.59. The first-order valence-electron chi connectivity index (χ1n) is 6.76. The molecule has 2 aromatic rings. The highest BCUT2D eigenvalue weighted by Gasteiger charge is 2.06. The molecule has 0 unspecified atom stereocenters. The van der Waals surface area contributed by atoms with Crippen molar-refractivity contribution in [1.82, 2.24) is 10.9 Å². The van der Waals surface area contributed by atoms with Crippen molar-refractivity contribution in [3.63, 3.8) is 0 Å². The second-order valence-electron chi connectivity index (χ2n) is 4.78. The Bertz CT molecular complexity index is 735. The van der Waals surface area contributed by atoms with Crippen LogP contribution in [0.5, 0.6) is 0 Å². The predicted molar refractivity (Wildman–Crippen MR) is 92.3 cm³/mol. The van der Waals surface area contributed by atoms with Crippen molar-refractivity contribution in [1.29, 1.82) is 0 Å². The summed E-state index contributed by atoms with van der Waals surface area (Å²) >= 11 is 12.0. The summed E-state index contributed by atoms with van der Waals surface area (Å²) in [7, 11) is 0. The number of carbonyl (C=O) groups is 2. The van der Waals surface area contributed by atoms with Gasteiger partial charge in [0.15, 0.2) is 0 Å². The SMILES string of the molecule is Cc1ccc(C(=O)NNC(=O)/C=C/c2c(Cl)cccc2Cl)cc1. The zero-order chi connectivity index (χ0) is 16.8. The Morgan fingerprint density at radius 2 is 1.57 bits per heavy atom. The number of benzene rings is 2. The maximum absolute atomic E-state index is 11.9. The lowest BCUT2D eigenvalue weighted by atomic mass is 10.1. The van der Waals surface area contributed by atoms with Gasteiger partial charge in [-0.15, -0.1) is 0 Å². The van der Waals surface area contributed by atoms with E-state index in [1.807, 2.05) is 19.1 Å². The van der Waals surface area contributed by atoms with Gasteiger partial charge in [-0.25, -0.2) is 0 Å². The highest BCUT2D eigenvalue weighted by Crippen LogP contribution is 2.25. The maximum Gasteiger partial charge on any atom is 0.269 e. The summed E-state index contributed by atoms with van der Waals surface area (Å²) in [5.74, 6) is -0.899. The van der Waals surface area contributed by atoms with Crippen LogP contribution in [-0.2, 0) is 4.79 Å². The summed E-state index contributed by atoms with van der Waals surface area (Å²) in [6.07, 6.45) is 2.72. The van der Waals surface area contributed by atoms with Gasteiger partial charge in [-0.1, -0.05) is 47.0 Å². The molecule has 2 N–H and O–H groups in total. The van der Waals surface area contributed by atoms with Gasteiger partial charge >= 0.3 is 0 Å². The first kappa shape index (κ1) is 17.1. The third-order valence-electron chi connectivity index (χ3n) is 3.01. The van der Waals surface area contributed by atoms with Crippen molar-refractivity contribution in [2.24, 2.45) is 0 Å². The van der Waals surface area contributed by atoms with Gasteiger partial charge in [0, 0.05) is 27.2 Å². The lowest BCUT2D eigenvalue weighted by molar-refractivity contribution is -0.117. The molecule has 0 atom stereocenters. The quantitative estimate of drug-likeness (QED) is 0.655. The number of aryl methyl sites for hydroxylation is 1. The van der Waals surface area contributed by atoms with Crippen molar-refractivity contribution in [3.8, 4) is 0 Å². The Morgan fingerprint density at radius 1 is 0.957 bits per heavy atom. The van der Waals surface area contributed by atoms with E-state index >= 15 is 0 Å². The van der Waals surface area contributed by atoms with Crippen LogP contribution in [0.3, 0.4) is 0 Å². The minimum atomic E-state index is -0.499. The zero-order valence-electron chi connectivity index (χ0n) is 12.3. The van der Waals surface area contributed by atoms with E-state index in [-0.39, 0.29) is 0 Å². The van der Waals surface area contributed by atoms with E-state index in [0.29, 0.717) is 21.2 Å². The highest BCUT2D eigenvalue weighted by molar-refractivity contribution is 6.37. The molecule has 23 heavy (non-hydrogen) atoms. The Morgan fingerprint density at radius 3 is 2.17 bits per heavy atom. The molecule has 0 bridgehead atoms. The van der Waals surface area contributed by atoms with Crippen LogP contribution < -0.4 is 10.9 Å². The smallest absolute Gasteiger partial charge is 0.268 e. The van der Waals surface area contributed by atoms with Gasteiger partial charge in [0.1, 0.15) is 0 Å². The molecule has 0 aromatic heterocycles. The standard InChI is InChI=1S/C17H14Cl2N2O2/c1-11-5-7-12(8-6-11)17(23)21-20-16(22)10-9-13-14(18)3-2-4-15(13)19/h2-10H,1H3,(H,20,22)(H,21,23)/b10-9+. The number of carbonyl (C=O) groups excluding carboxylic acids is 2. The molecule has 2 rings (SSSR count). The summed E-state index contributed by atoms with van der Waals surface area (Å²) in [5, 5.41) is 0.871. The molecule has 4 nitrogen and oxygen atoms in total. The number of hydrogen-bond acceptors (Lipinski definition) is 2. The molecule has 2 amide bonds. The van der Waals surface area contributed by atoms with Crippen molar-refractivity contribution >= 4 is 41.1 Å². The predicted octanol–water partition coefficient (Wildman–Crippen LogP) is 3.78. The molecular formula is C17H14Cl2N2O2. The molecule has 2 aromatic carbocycles. The summed E-state index contributed by atoms with van der Waals surface area (Å²) in [4.78, 5) is 23.6. The molecule has 0 spiro atoms. The molecule has 0 radical (unpaired) electrons. The number of hydrogen-bond donors (Lipinski definition) is 2. The Labute approximate surface area is 144 Å². The molecule has 118 valence electrons. The van der Waals surface area contributed by atoms with Crippen LogP contribution in [0.1, 0.15) is 21.5 Å². The molecule has 6 heteroatoms. The van der Waals surface area contributed by atoms with E-state index in [0.717, 1.165) is 5.56 Å². The topological polar surface area (TPSA) is 58.2 Å². The third kappa shape index (κ3) is 4.84. The van der Waals surface area contributed by atoms with Gasteiger partial charge in [0.05, 0.1) is 0 Å². The molecule has 0 aliphatic rings. The summed E-state index contributed by atoms with van der Waals surface area (Å²) in [6, 6.07) is 12.0. The van der Waals surface area contributed by atoms with Crippen LogP contribution in [0, 0.1) is 6.92 Å². The number of amides is 2. The minimum absolute atomic E-state index is 0.400. The zero-order valence-corrected chi connectivity index (χ0v) is 13.8. The lowest BCUT2D eigenvalue weighted by Gasteiger charge is -2.06. The number of hydrazine groups is 1. The lowest BCUT2D eigenvalue weighted by Crippen LogP contribution is -2.40. The van der Waals surface area contributed by atoms with E-state index < -0.39 is 11.8 Å². The number of halogens is 2. The maximum atomic E-state index is 11.9. The Balaban J connectivity index is 1.93. The van der Waals surface area contributed by atoms with Gasteiger partial charge in [-0.3, -0.25) is 20.4 Å². The average Bonchev–Trinajstić information content (AvgIpc) is 2.53. The molecular weight excluding hydrogens is 335 g/mol. The number of nitrogens with one attached hydrogen (secondary N) is 2. The van der Waals surface area contributed by atoms with Crippen molar-refractivity contribution in [2.75, 3.05) is 0 Å². The molecule has 0 aliphatic carbocycles. The molecule has 0 heterocycles. The molecule has 0 fully saturated rings. The highest BCUT2D eigenvalue weighted by atomic mass is 35.5. The van der Waals surface area contributed by atoms with Crippen LogP contribution in [0.15, 0.2) is 48.5 Å². The number of rotatable bonds is 3. The summed E-state index contributed by atoms with van der Waals surface area (Å²) in [5.41, 5.74) is 6.66. The first-order chi connectivity index (χ1) is 11.0. The Hall–Kier alpha value is -2.30. The molecule has 0 saturated heterocycles. The van der Waals surface area contributed by atoms with E-state index in [1.54, 1.807) is 30.3 Å². The summed E-state index contributed by atoms with van der Waals surface area (Å²) in [6.45, 7) is 1.92. The normalized spacial score (nSPS) is 10.6. The first-order valence-corrected chi connectivity index (χ1v) is 7.52. The van der Waals surface area contributed by atoms with Crippen LogP contribution >= 0.6 is 23.2 Å². The van der Waals surface area contributed by atoms with Crippen molar-refractivity contribution in [2.45, 2.75) is 6.92 Å². The fourth-order valence-electron chi connectivity index (χ4n) is 1.77. The van der Waals surface area contributed by atoms with Gasteiger partial charge in [-0.2, -0.15) is 0 Å². The van der Waals surface area contributed by atoms with E-state index in [1.165, 1.54) is 12.2 Å². The van der Waals surface area contributed by atoms with Crippen LogP contribution in [-0.4, -0.2) is 11.8 Å². The van der Waals surface area contributed by atoms with E-state index in [2.05, 4.69) is 10.9 Å². The fourth-order valence-corrected chi connectivity index (χ4v) is 2.29. The monoisotopic (exact) mass is 348 g/mol. The van der Waals surface area contributed by atoms with Crippen LogP contribution in [0.2, 0.25) is 10.0 Å². The Kier molecular flexibility index (Phi) is 5.79. The fraction of sp³-hybridized carbons (Fsp3) is 0.0588. The van der Waals surface area contributed by atoms with Gasteiger partial charge in [-0.05, 0) is 37.3 Å².